The number of carbonyl (C=O) groups is 3. The van der Waals surface area contributed by atoms with Crippen LogP contribution in [0.15, 0.2) is 0 Å². The molecule has 0 aliphatic carbocycles. The molecule has 0 aromatic rings. The second-order valence-corrected chi connectivity index (χ2v) is 10.3. The summed E-state index contributed by atoms with van der Waals surface area (Å²) < 4.78 is 10.9. The van der Waals surface area contributed by atoms with Gasteiger partial charge in [0.2, 0.25) is 0 Å². The Balaban J connectivity index is 2.07. The highest BCUT2D eigenvalue weighted by molar-refractivity contribution is 5.73. The third kappa shape index (κ3) is 6.75. The van der Waals surface area contributed by atoms with Gasteiger partial charge < -0.3 is 24.4 Å². The lowest BCUT2D eigenvalue weighted by atomic mass is 9.92. The number of nitrogens with zero attached hydrogens (tertiary/aromatic N) is 3. The van der Waals surface area contributed by atoms with E-state index in [1.54, 1.807) is 25.7 Å². The molecule has 0 radical (unpaired) electrons. The summed E-state index contributed by atoms with van der Waals surface area (Å²) in [6.45, 7) is 15.0. The quantitative estimate of drug-likeness (QED) is 0.723. The summed E-state index contributed by atoms with van der Waals surface area (Å²) in [6, 6.07) is -0.0903. The maximum absolute atomic E-state index is 12.6. The predicted molar refractivity (Wildman–Crippen MR) is 111 cm³/mol. The van der Waals surface area contributed by atoms with Gasteiger partial charge in [-0.05, 0) is 54.9 Å². The molecule has 0 bridgehead atoms. The smallest absolute Gasteiger partial charge is 0.410 e. The molecule has 2 rings (SSSR count). The lowest BCUT2D eigenvalue weighted by Crippen LogP contribution is -2.62. The van der Waals surface area contributed by atoms with Gasteiger partial charge in [-0.3, -0.25) is 9.69 Å². The molecule has 2 heterocycles. The van der Waals surface area contributed by atoms with Crippen LogP contribution in [0, 0.1) is 5.92 Å². The maximum Gasteiger partial charge on any atom is 0.410 e. The molecule has 2 saturated heterocycles. The maximum atomic E-state index is 12.6. The summed E-state index contributed by atoms with van der Waals surface area (Å²) in [5.41, 5.74) is -1.20. The highest BCUT2D eigenvalue weighted by Crippen LogP contribution is 2.26. The van der Waals surface area contributed by atoms with Crippen LogP contribution in [0.5, 0.6) is 0 Å². The Labute approximate surface area is 179 Å². The predicted octanol–water partition coefficient (Wildman–Crippen LogP) is 2.64. The fourth-order valence-corrected chi connectivity index (χ4v) is 3.97. The number of rotatable bonds is 2. The first-order chi connectivity index (χ1) is 13.7. The van der Waals surface area contributed by atoms with Crippen molar-refractivity contribution in [2.24, 2.45) is 5.92 Å². The summed E-state index contributed by atoms with van der Waals surface area (Å²) in [4.78, 5) is 42.1. The Kier molecular flexibility index (Phi) is 7.27. The van der Waals surface area contributed by atoms with Crippen LogP contribution in [-0.2, 0) is 14.3 Å². The lowest BCUT2D eigenvalue weighted by molar-refractivity contribution is -0.144. The van der Waals surface area contributed by atoms with Crippen LogP contribution in [0.3, 0.4) is 0 Å². The highest BCUT2D eigenvalue weighted by atomic mass is 16.6. The van der Waals surface area contributed by atoms with E-state index in [1.807, 2.05) is 27.7 Å². The molecule has 2 fully saturated rings. The van der Waals surface area contributed by atoms with Gasteiger partial charge in [-0.2, -0.15) is 0 Å². The van der Waals surface area contributed by atoms with E-state index in [0.29, 0.717) is 32.6 Å². The minimum atomic E-state index is -0.909. The monoisotopic (exact) mass is 427 g/mol. The molecule has 172 valence electrons. The molecule has 9 heteroatoms. The van der Waals surface area contributed by atoms with Crippen LogP contribution in [0.25, 0.3) is 0 Å². The van der Waals surface area contributed by atoms with E-state index in [-0.39, 0.29) is 24.7 Å². The summed E-state index contributed by atoms with van der Waals surface area (Å²) in [7, 11) is 0. The molecule has 30 heavy (non-hydrogen) atoms. The summed E-state index contributed by atoms with van der Waals surface area (Å²) in [6.07, 6.45) is -0.360. The van der Waals surface area contributed by atoms with Gasteiger partial charge >= 0.3 is 18.2 Å². The Morgan fingerprint density at radius 2 is 1.37 bits per heavy atom. The molecule has 2 aliphatic rings. The largest absolute Gasteiger partial charge is 0.481 e. The number of carbonyl (C=O) groups excluding carboxylic acids is 2. The summed E-state index contributed by atoms with van der Waals surface area (Å²) in [5, 5.41) is 9.61. The molecule has 0 spiro atoms. The van der Waals surface area contributed by atoms with Gasteiger partial charge in [-0.15, -0.1) is 0 Å². The van der Waals surface area contributed by atoms with Crippen molar-refractivity contribution in [3.05, 3.63) is 0 Å². The second-order valence-electron chi connectivity index (χ2n) is 10.3. The van der Waals surface area contributed by atoms with Crippen LogP contribution in [-0.4, -0.2) is 94.0 Å². The van der Waals surface area contributed by atoms with Gasteiger partial charge in [0.1, 0.15) is 11.2 Å². The first-order valence-corrected chi connectivity index (χ1v) is 10.6. The number of carboxylic acids is 1. The number of ether oxygens (including phenoxy) is 2. The van der Waals surface area contributed by atoms with Crippen molar-refractivity contribution in [2.45, 2.75) is 78.2 Å². The summed E-state index contributed by atoms with van der Waals surface area (Å²) >= 11 is 0. The van der Waals surface area contributed by atoms with E-state index >= 15 is 0 Å². The standard InChI is InChI=1S/C21H37N3O6/c1-14-11-22(18(27)29-20(2,3)4)8-9-24(14)16-10-15(17(25)26)12-23(13-16)19(28)30-21(5,6)7/h14-16H,8-13H2,1-7H3,(H,25,26)/t14-,15+,16+/m0/s1. The zero-order valence-electron chi connectivity index (χ0n) is 19.3. The van der Waals surface area contributed by atoms with Crippen molar-refractivity contribution in [3.63, 3.8) is 0 Å². The molecule has 3 atom stereocenters. The zero-order chi connectivity index (χ0) is 22.9. The Bertz CT molecular complexity index is 654. The van der Waals surface area contributed by atoms with Crippen molar-refractivity contribution in [1.29, 1.82) is 0 Å². The first kappa shape index (κ1) is 24.2. The molecular weight excluding hydrogens is 390 g/mol. The van der Waals surface area contributed by atoms with Crippen LogP contribution in [0.4, 0.5) is 9.59 Å². The van der Waals surface area contributed by atoms with Crippen molar-refractivity contribution < 1.29 is 29.0 Å². The van der Waals surface area contributed by atoms with Crippen molar-refractivity contribution in [2.75, 3.05) is 32.7 Å². The number of hydrogen-bond acceptors (Lipinski definition) is 6. The molecule has 0 saturated carbocycles. The normalized spacial score (nSPS) is 26.3. The number of aliphatic carboxylic acids is 1. The number of carboxylic acid groups (broad SMARTS) is 1. The SMILES string of the molecule is C[C@H]1CN(C(=O)OC(C)(C)C)CCN1[C@@H]1C[C@@H](C(=O)O)CN(C(=O)OC(C)(C)C)C1. The number of piperidine rings is 1. The Hall–Kier alpha value is -2.03. The molecule has 0 aromatic carbocycles. The van der Waals surface area contributed by atoms with Crippen LogP contribution in [0.1, 0.15) is 54.9 Å². The average Bonchev–Trinajstić information content (AvgIpc) is 2.58. The van der Waals surface area contributed by atoms with Crippen LogP contribution in [0.2, 0.25) is 0 Å². The van der Waals surface area contributed by atoms with E-state index in [0.717, 1.165) is 0 Å². The minimum Gasteiger partial charge on any atom is -0.481 e. The highest BCUT2D eigenvalue weighted by Gasteiger charge is 2.41. The molecule has 0 unspecified atom stereocenters. The van der Waals surface area contributed by atoms with Crippen molar-refractivity contribution >= 4 is 18.2 Å². The third-order valence-corrected chi connectivity index (χ3v) is 5.23. The zero-order valence-corrected chi connectivity index (χ0v) is 19.3. The van der Waals surface area contributed by atoms with Gasteiger partial charge in [0.05, 0.1) is 5.92 Å². The topological polar surface area (TPSA) is 99.6 Å². The number of likely N-dealkylation sites (tertiary alicyclic amines) is 1. The lowest BCUT2D eigenvalue weighted by Gasteiger charge is -2.47. The van der Waals surface area contributed by atoms with E-state index in [1.165, 1.54) is 4.90 Å². The average molecular weight is 428 g/mol. The molecular formula is C21H37N3O6. The van der Waals surface area contributed by atoms with E-state index in [9.17, 15) is 19.5 Å². The third-order valence-electron chi connectivity index (χ3n) is 5.23. The van der Waals surface area contributed by atoms with Crippen molar-refractivity contribution in [3.8, 4) is 0 Å². The van der Waals surface area contributed by atoms with Gasteiger partial charge in [-0.25, -0.2) is 9.59 Å². The molecule has 9 nitrogen and oxygen atoms in total. The van der Waals surface area contributed by atoms with E-state index in [4.69, 9.17) is 9.47 Å². The number of piperazine rings is 1. The fourth-order valence-electron chi connectivity index (χ4n) is 3.97. The second kappa shape index (κ2) is 8.99. The Morgan fingerprint density at radius 3 is 1.83 bits per heavy atom. The fraction of sp³-hybridized carbons (Fsp3) is 0.857. The molecule has 2 amide bonds. The van der Waals surface area contributed by atoms with Crippen molar-refractivity contribution in [1.82, 2.24) is 14.7 Å². The molecule has 2 aliphatic heterocycles. The van der Waals surface area contributed by atoms with Crippen LogP contribution < -0.4 is 0 Å². The van der Waals surface area contributed by atoms with Gasteiger partial charge in [0.25, 0.3) is 0 Å². The van der Waals surface area contributed by atoms with Gasteiger partial charge in [-0.1, -0.05) is 0 Å². The number of amides is 2. The van der Waals surface area contributed by atoms with Gasteiger partial charge in [0.15, 0.2) is 0 Å². The first-order valence-electron chi connectivity index (χ1n) is 10.6. The van der Waals surface area contributed by atoms with E-state index in [2.05, 4.69) is 4.90 Å². The number of hydrogen-bond donors (Lipinski definition) is 1. The molecule has 1 N–H and O–H groups in total. The van der Waals surface area contributed by atoms with E-state index < -0.39 is 29.2 Å². The summed E-state index contributed by atoms with van der Waals surface area (Å²) in [5.74, 6) is -1.55. The minimum absolute atomic E-state index is 0.0179. The Morgan fingerprint density at radius 1 is 0.833 bits per heavy atom. The van der Waals surface area contributed by atoms with Crippen LogP contribution >= 0.6 is 0 Å². The molecule has 0 aromatic heterocycles. The van der Waals surface area contributed by atoms with Gasteiger partial charge in [0, 0.05) is 44.8 Å².